The summed E-state index contributed by atoms with van der Waals surface area (Å²) >= 11 is 0. The van der Waals surface area contributed by atoms with Crippen LogP contribution in [0.15, 0.2) is 18.3 Å². The summed E-state index contributed by atoms with van der Waals surface area (Å²) in [6, 6.07) is 2.80. The summed E-state index contributed by atoms with van der Waals surface area (Å²) in [7, 11) is 0. The largest absolute Gasteiger partial charge is 0.376 e. The number of hydrogen-bond donors (Lipinski definition) is 1. The fraction of sp³-hybridized carbons (Fsp3) is 0.500. The normalized spacial score (nSPS) is 19.6. The number of nitrogens with zero attached hydrogens (tertiary/aromatic N) is 2. The van der Waals surface area contributed by atoms with E-state index >= 15 is 0 Å². The second kappa shape index (κ2) is 4.89. The van der Waals surface area contributed by atoms with Gasteiger partial charge in [0, 0.05) is 25.4 Å². The van der Waals surface area contributed by atoms with Gasteiger partial charge in [0.15, 0.2) is 0 Å². The topological polar surface area (TPSA) is 77.3 Å². The predicted molar refractivity (Wildman–Crippen MR) is 58.4 cm³/mol. The van der Waals surface area contributed by atoms with Gasteiger partial charge in [-0.3, -0.25) is 10.1 Å². The molecular weight excluding hydrogens is 210 g/mol. The minimum Gasteiger partial charge on any atom is -0.376 e. The summed E-state index contributed by atoms with van der Waals surface area (Å²) in [6.07, 6.45) is 3.73. The molecule has 0 bridgehead atoms. The highest BCUT2D eigenvalue weighted by Crippen LogP contribution is 2.16. The van der Waals surface area contributed by atoms with Crippen LogP contribution in [0.2, 0.25) is 0 Å². The van der Waals surface area contributed by atoms with Gasteiger partial charge in [-0.05, 0) is 12.8 Å². The average molecular weight is 223 g/mol. The first-order chi connectivity index (χ1) is 7.75. The molecule has 6 nitrogen and oxygen atoms in total. The van der Waals surface area contributed by atoms with E-state index in [1.165, 1.54) is 18.3 Å². The Kier molecular flexibility index (Phi) is 3.31. The molecule has 1 aromatic heterocycles. The molecule has 0 saturated carbocycles. The Bertz CT molecular complexity index is 377. The molecule has 1 aliphatic heterocycles. The predicted octanol–water partition coefficient (Wildman–Crippen LogP) is 1.58. The van der Waals surface area contributed by atoms with Crippen LogP contribution in [-0.2, 0) is 4.74 Å². The SMILES string of the molecule is O=[N+]([O-])c1ccnc(NCC2CCCO2)c1. The first kappa shape index (κ1) is 10.8. The molecule has 0 spiro atoms. The molecule has 1 aliphatic rings. The Morgan fingerprint density at radius 3 is 3.25 bits per heavy atom. The highest BCUT2D eigenvalue weighted by molar-refractivity contribution is 5.44. The number of aromatic nitrogens is 1. The smallest absolute Gasteiger partial charge is 0.274 e. The molecule has 2 rings (SSSR count). The Balaban J connectivity index is 1.93. The van der Waals surface area contributed by atoms with Crippen LogP contribution in [0.1, 0.15) is 12.8 Å². The summed E-state index contributed by atoms with van der Waals surface area (Å²) in [5, 5.41) is 13.6. The molecule has 1 N–H and O–H groups in total. The van der Waals surface area contributed by atoms with E-state index in [1.807, 2.05) is 0 Å². The molecular formula is C10H13N3O3. The fourth-order valence-electron chi connectivity index (χ4n) is 1.65. The van der Waals surface area contributed by atoms with E-state index < -0.39 is 4.92 Å². The van der Waals surface area contributed by atoms with Crippen LogP contribution in [-0.4, -0.2) is 29.2 Å². The summed E-state index contributed by atoms with van der Waals surface area (Å²) in [5.41, 5.74) is 0.0461. The molecule has 1 unspecified atom stereocenters. The van der Waals surface area contributed by atoms with Gasteiger partial charge in [-0.15, -0.1) is 0 Å². The highest BCUT2D eigenvalue weighted by Gasteiger charge is 2.15. The first-order valence-electron chi connectivity index (χ1n) is 5.21. The van der Waals surface area contributed by atoms with E-state index in [-0.39, 0.29) is 11.8 Å². The Labute approximate surface area is 92.8 Å². The third-order valence-corrected chi connectivity index (χ3v) is 2.49. The lowest BCUT2D eigenvalue weighted by Gasteiger charge is -2.10. The van der Waals surface area contributed by atoms with E-state index in [1.54, 1.807) is 0 Å². The maximum absolute atomic E-state index is 10.5. The lowest BCUT2D eigenvalue weighted by atomic mass is 10.2. The number of nitrogens with one attached hydrogen (secondary N) is 1. The molecule has 1 saturated heterocycles. The van der Waals surface area contributed by atoms with Crippen LogP contribution >= 0.6 is 0 Å². The number of anilines is 1. The van der Waals surface area contributed by atoms with Crippen molar-refractivity contribution in [3.63, 3.8) is 0 Å². The van der Waals surface area contributed by atoms with Gasteiger partial charge in [0.2, 0.25) is 0 Å². The van der Waals surface area contributed by atoms with E-state index in [0.29, 0.717) is 12.4 Å². The summed E-state index contributed by atoms with van der Waals surface area (Å²) in [6.45, 7) is 1.45. The van der Waals surface area contributed by atoms with Crippen molar-refractivity contribution in [2.24, 2.45) is 0 Å². The summed E-state index contributed by atoms with van der Waals surface area (Å²) in [4.78, 5) is 14.1. The van der Waals surface area contributed by atoms with Gasteiger partial charge in [-0.2, -0.15) is 0 Å². The third-order valence-electron chi connectivity index (χ3n) is 2.49. The molecule has 2 heterocycles. The van der Waals surface area contributed by atoms with Gasteiger partial charge in [0.1, 0.15) is 5.82 Å². The van der Waals surface area contributed by atoms with E-state index in [4.69, 9.17) is 4.74 Å². The maximum atomic E-state index is 10.5. The molecule has 6 heteroatoms. The van der Waals surface area contributed by atoms with Crippen molar-refractivity contribution >= 4 is 11.5 Å². The second-order valence-electron chi connectivity index (χ2n) is 3.67. The molecule has 0 radical (unpaired) electrons. The highest BCUT2D eigenvalue weighted by atomic mass is 16.6. The lowest BCUT2D eigenvalue weighted by Crippen LogP contribution is -2.18. The number of ether oxygens (including phenoxy) is 1. The van der Waals surface area contributed by atoms with E-state index in [2.05, 4.69) is 10.3 Å². The molecule has 0 aliphatic carbocycles. The lowest BCUT2D eigenvalue weighted by molar-refractivity contribution is -0.384. The van der Waals surface area contributed by atoms with Crippen molar-refractivity contribution in [3.8, 4) is 0 Å². The summed E-state index contributed by atoms with van der Waals surface area (Å²) < 4.78 is 5.43. The average Bonchev–Trinajstić information content (AvgIpc) is 2.79. The van der Waals surface area contributed by atoms with Crippen molar-refractivity contribution in [1.82, 2.24) is 4.98 Å². The Morgan fingerprint density at radius 2 is 2.56 bits per heavy atom. The van der Waals surface area contributed by atoms with Crippen molar-refractivity contribution in [2.45, 2.75) is 18.9 Å². The maximum Gasteiger partial charge on any atom is 0.274 e. The van der Waals surface area contributed by atoms with Crippen molar-refractivity contribution in [3.05, 3.63) is 28.4 Å². The van der Waals surface area contributed by atoms with Gasteiger partial charge in [0.05, 0.1) is 17.1 Å². The van der Waals surface area contributed by atoms with Crippen LogP contribution in [0.4, 0.5) is 11.5 Å². The summed E-state index contributed by atoms with van der Waals surface area (Å²) in [5.74, 6) is 0.518. The Hall–Kier alpha value is -1.69. The van der Waals surface area contributed by atoms with Gasteiger partial charge in [0.25, 0.3) is 5.69 Å². The van der Waals surface area contributed by atoms with Crippen LogP contribution in [0.25, 0.3) is 0 Å². The number of pyridine rings is 1. The zero-order valence-electron chi connectivity index (χ0n) is 8.76. The van der Waals surface area contributed by atoms with E-state index in [0.717, 1.165) is 19.4 Å². The minimum atomic E-state index is -0.432. The number of hydrogen-bond acceptors (Lipinski definition) is 5. The zero-order chi connectivity index (χ0) is 11.4. The number of nitro groups is 1. The van der Waals surface area contributed by atoms with Crippen LogP contribution in [0.5, 0.6) is 0 Å². The molecule has 1 aromatic rings. The van der Waals surface area contributed by atoms with E-state index in [9.17, 15) is 10.1 Å². The van der Waals surface area contributed by atoms with Crippen LogP contribution in [0.3, 0.4) is 0 Å². The molecule has 1 atom stereocenters. The van der Waals surface area contributed by atoms with Gasteiger partial charge < -0.3 is 10.1 Å². The zero-order valence-corrected chi connectivity index (χ0v) is 8.76. The third kappa shape index (κ3) is 2.66. The monoisotopic (exact) mass is 223 g/mol. The molecule has 0 aromatic carbocycles. The van der Waals surface area contributed by atoms with Gasteiger partial charge in [-0.25, -0.2) is 4.98 Å². The number of rotatable bonds is 4. The second-order valence-corrected chi connectivity index (χ2v) is 3.67. The minimum absolute atomic E-state index is 0.0461. The standard InChI is InChI=1S/C10H13N3O3/c14-13(15)8-3-4-11-10(6-8)12-7-9-2-1-5-16-9/h3-4,6,9H,1-2,5,7H2,(H,11,12). The van der Waals surface area contributed by atoms with Crippen LogP contribution < -0.4 is 5.32 Å². The van der Waals surface area contributed by atoms with Crippen molar-refractivity contribution in [2.75, 3.05) is 18.5 Å². The van der Waals surface area contributed by atoms with Crippen molar-refractivity contribution < 1.29 is 9.66 Å². The van der Waals surface area contributed by atoms with Crippen LogP contribution in [0, 0.1) is 10.1 Å². The van der Waals surface area contributed by atoms with Crippen molar-refractivity contribution in [1.29, 1.82) is 0 Å². The Morgan fingerprint density at radius 1 is 1.69 bits per heavy atom. The quantitative estimate of drug-likeness (QED) is 0.619. The van der Waals surface area contributed by atoms with Gasteiger partial charge >= 0.3 is 0 Å². The molecule has 1 fully saturated rings. The van der Waals surface area contributed by atoms with Gasteiger partial charge in [-0.1, -0.05) is 0 Å². The molecule has 16 heavy (non-hydrogen) atoms. The fourth-order valence-corrected chi connectivity index (χ4v) is 1.65. The first-order valence-corrected chi connectivity index (χ1v) is 5.21. The molecule has 0 amide bonds. The molecule has 86 valence electrons.